The van der Waals surface area contributed by atoms with Gasteiger partial charge in [0.15, 0.2) is 0 Å². The topological polar surface area (TPSA) is 49.3 Å². The summed E-state index contributed by atoms with van der Waals surface area (Å²) >= 11 is 1.40. The molecule has 1 amide bonds. The van der Waals surface area contributed by atoms with E-state index in [1.165, 1.54) is 29.4 Å². The van der Waals surface area contributed by atoms with Crippen LogP contribution in [0.1, 0.15) is 5.01 Å². The van der Waals surface area contributed by atoms with Gasteiger partial charge in [-0.3, -0.25) is 4.79 Å². The van der Waals surface area contributed by atoms with Gasteiger partial charge in [-0.25, -0.2) is 4.39 Å². The fourth-order valence-corrected chi connectivity index (χ4v) is 2.36. The van der Waals surface area contributed by atoms with Crippen molar-refractivity contribution in [2.75, 3.05) is 23.9 Å². The first-order valence-electron chi connectivity index (χ1n) is 5.55. The Morgan fingerprint density at radius 3 is 2.63 bits per heavy atom. The summed E-state index contributed by atoms with van der Waals surface area (Å²) in [6.07, 6.45) is 0.571. The second kappa shape index (κ2) is 5.31. The normalized spacial score (nSPS) is 10.3. The maximum atomic E-state index is 13.9. The highest BCUT2D eigenvalue weighted by molar-refractivity contribution is 7.15. The summed E-state index contributed by atoms with van der Waals surface area (Å²) in [7, 11) is 3.27. The van der Waals surface area contributed by atoms with E-state index in [4.69, 9.17) is 0 Å². The zero-order valence-electron chi connectivity index (χ0n) is 10.8. The maximum absolute atomic E-state index is 13.9. The molecule has 0 N–H and O–H groups in total. The third-order valence-electron chi connectivity index (χ3n) is 2.64. The number of carbonyl (C=O) groups excluding carboxylic acids is 1. The van der Waals surface area contributed by atoms with Gasteiger partial charge in [0.1, 0.15) is 16.5 Å². The summed E-state index contributed by atoms with van der Waals surface area (Å²) in [4.78, 5) is 13.8. The van der Waals surface area contributed by atoms with Crippen LogP contribution in [0.25, 0.3) is 0 Å². The number of rotatable bonds is 4. The fourth-order valence-electron chi connectivity index (χ4n) is 1.70. The van der Waals surface area contributed by atoms with Crippen molar-refractivity contribution in [3.63, 3.8) is 0 Å². The Labute approximate surface area is 114 Å². The first-order valence-corrected chi connectivity index (χ1v) is 6.36. The summed E-state index contributed by atoms with van der Waals surface area (Å²) in [5.74, 6) is -0.458. The van der Waals surface area contributed by atoms with Crippen LogP contribution in [0.4, 0.5) is 20.9 Å². The van der Waals surface area contributed by atoms with E-state index in [2.05, 4.69) is 10.2 Å². The molecule has 1 heterocycles. The largest absolute Gasteiger partial charge is 0.317 e. The van der Waals surface area contributed by atoms with Crippen LogP contribution >= 0.6 is 11.3 Å². The smallest absolute Gasteiger partial charge is 0.214 e. The van der Waals surface area contributed by atoms with Crippen LogP contribution < -0.4 is 9.80 Å². The number of hydrogen-bond acceptors (Lipinski definition) is 5. The van der Waals surface area contributed by atoms with Gasteiger partial charge in [-0.05, 0) is 19.1 Å². The van der Waals surface area contributed by atoms with E-state index in [0.717, 1.165) is 5.01 Å². The van der Waals surface area contributed by atoms with Gasteiger partial charge in [-0.15, -0.1) is 10.2 Å². The van der Waals surface area contributed by atoms with Gasteiger partial charge in [-0.1, -0.05) is 17.4 Å². The van der Waals surface area contributed by atoms with Crippen molar-refractivity contribution in [2.45, 2.75) is 6.92 Å². The summed E-state index contributed by atoms with van der Waals surface area (Å²) < 4.78 is 13.9. The number of benzene rings is 1. The molecule has 0 saturated carbocycles. The molecule has 100 valence electrons. The molecule has 2 aromatic rings. The van der Waals surface area contributed by atoms with E-state index in [1.54, 1.807) is 24.1 Å². The number of aryl methyl sites for hydroxylation is 1. The molecule has 0 aliphatic carbocycles. The zero-order valence-corrected chi connectivity index (χ0v) is 11.6. The Hall–Kier alpha value is -2.02. The Morgan fingerprint density at radius 2 is 2.05 bits per heavy atom. The number of para-hydroxylation sites is 1. The van der Waals surface area contributed by atoms with Gasteiger partial charge >= 0.3 is 0 Å². The quantitative estimate of drug-likeness (QED) is 0.807. The minimum absolute atomic E-state index is 0.216. The van der Waals surface area contributed by atoms with Crippen molar-refractivity contribution in [3.05, 3.63) is 29.0 Å². The summed E-state index contributed by atoms with van der Waals surface area (Å²) in [5.41, 5.74) is 0.776. The maximum Gasteiger partial charge on any atom is 0.214 e. The molecule has 1 aromatic carbocycles. The van der Waals surface area contributed by atoms with Crippen LogP contribution in [0.15, 0.2) is 18.2 Å². The average Bonchev–Trinajstić information content (AvgIpc) is 2.83. The predicted molar refractivity (Wildman–Crippen MR) is 73.6 cm³/mol. The van der Waals surface area contributed by atoms with Gasteiger partial charge < -0.3 is 9.80 Å². The van der Waals surface area contributed by atoms with E-state index >= 15 is 0 Å². The van der Waals surface area contributed by atoms with E-state index in [-0.39, 0.29) is 5.69 Å². The van der Waals surface area contributed by atoms with E-state index in [1.807, 2.05) is 6.92 Å². The molecule has 1 aromatic heterocycles. The Balaban J connectivity index is 2.50. The molecular weight excluding hydrogens is 267 g/mol. The lowest BCUT2D eigenvalue weighted by Gasteiger charge is -2.22. The Bertz CT molecular complexity index is 601. The van der Waals surface area contributed by atoms with E-state index in [9.17, 15) is 9.18 Å². The molecule has 19 heavy (non-hydrogen) atoms. The highest BCUT2D eigenvalue weighted by Crippen LogP contribution is 2.35. The monoisotopic (exact) mass is 280 g/mol. The van der Waals surface area contributed by atoms with Gasteiger partial charge in [-0.2, -0.15) is 0 Å². The summed E-state index contributed by atoms with van der Waals surface area (Å²) in [6.45, 7) is 1.85. The van der Waals surface area contributed by atoms with E-state index < -0.39 is 5.82 Å². The Morgan fingerprint density at radius 1 is 1.32 bits per heavy atom. The number of carbonyl (C=O) groups is 1. The molecule has 0 bridgehead atoms. The van der Waals surface area contributed by atoms with Crippen molar-refractivity contribution in [2.24, 2.45) is 0 Å². The summed E-state index contributed by atoms with van der Waals surface area (Å²) in [6, 6.07) is 4.64. The van der Waals surface area contributed by atoms with Crippen LogP contribution in [-0.2, 0) is 4.79 Å². The third kappa shape index (κ3) is 2.55. The van der Waals surface area contributed by atoms with Crippen molar-refractivity contribution >= 4 is 34.3 Å². The molecule has 2 rings (SSSR count). The van der Waals surface area contributed by atoms with Crippen molar-refractivity contribution in [1.29, 1.82) is 0 Å². The van der Waals surface area contributed by atoms with Gasteiger partial charge in [0.25, 0.3) is 0 Å². The SMILES string of the molecule is Cc1nnc(N(C)c2cccc(F)c2N(C)C=O)s1. The van der Waals surface area contributed by atoms with Gasteiger partial charge in [0, 0.05) is 14.1 Å². The molecule has 0 radical (unpaired) electrons. The minimum Gasteiger partial charge on any atom is -0.317 e. The van der Waals surface area contributed by atoms with Crippen LogP contribution in [0, 0.1) is 12.7 Å². The molecule has 0 unspecified atom stereocenters. The molecular formula is C12H13FN4OS. The van der Waals surface area contributed by atoms with E-state index in [0.29, 0.717) is 17.2 Å². The third-order valence-corrected chi connectivity index (χ3v) is 3.56. The first-order chi connectivity index (χ1) is 9.04. The van der Waals surface area contributed by atoms with Gasteiger partial charge in [0.2, 0.25) is 11.5 Å². The number of nitrogens with zero attached hydrogens (tertiary/aromatic N) is 4. The van der Waals surface area contributed by atoms with Gasteiger partial charge in [0.05, 0.1) is 5.69 Å². The molecule has 0 aliphatic rings. The van der Waals surface area contributed by atoms with Crippen LogP contribution in [0.5, 0.6) is 0 Å². The average molecular weight is 280 g/mol. The molecule has 7 heteroatoms. The van der Waals surface area contributed by atoms with Crippen molar-refractivity contribution < 1.29 is 9.18 Å². The lowest BCUT2D eigenvalue weighted by molar-refractivity contribution is -0.107. The van der Waals surface area contributed by atoms with Crippen molar-refractivity contribution in [1.82, 2.24) is 10.2 Å². The highest BCUT2D eigenvalue weighted by Gasteiger charge is 2.18. The summed E-state index contributed by atoms with van der Waals surface area (Å²) in [5, 5.41) is 9.41. The zero-order chi connectivity index (χ0) is 14.0. The number of hydrogen-bond donors (Lipinski definition) is 0. The highest BCUT2D eigenvalue weighted by atomic mass is 32.1. The number of aromatic nitrogens is 2. The molecule has 5 nitrogen and oxygen atoms in total. The molecule has 0 aliphatic heterocycles. The molecule has 0 spiro atoms. The van der Waals surface area contributed by atoms with Crippen molar-refractivity contribution in [3.8, 4) is 0 Å². The molecule has 0 fully saturated rings. The minimum atomic E-state index is -0.458. The van der Waals surface area contributed by atoms with Crippen LogP contribution in [-0.4, -0.2) is 30.7 Å². The lowest BCUT2D eigenvalue weighted by atomic mass is 10.2. The number of anilines is 3. The van der Waals surface area contributed by atoms with Crippen LogP contribution in [0.3, 0.4) is 0 Å². The first kappa shape index (κ1) is 13.4. The number of amides is 1. The van der Waals surface area contributed by atoms with Crippen LogP contribution in [0.2, 0.25) is 0 Å². The fraction of sp³-hybridized carbons (Fsp3) is 0.250. The second-order valence-electron chi connectivity index (χ2n) is 3.99. The lowest BCUT2D eigenvalue weighted by Crippen LogP contribution is -2.20. The Kier molecular flexibility index (Phi) is 3.75. The predicted octanol–water partition coefficient (Wildman–Crippen LogP) is 2.35. The molecule has 0 atom stereocenters. The number of halogens is 1. The second-order valence-corrected chi connectivity index (χ2v) is 5.15. The molecule has 0 saturated heterocycles. The standard InChI is InChI=1S/C12H13FN4OS/c1-8-14-15-12(19-8)17(3)10-6-4-5-9(13)11(10)16(2)7-18/h4-7H,1-3H3.